The Morgan fingerprint density at radius 2 is 2.19 bits per heavy atom. The highest BCUT2D eigenvalue weighted by atomic mass is 79.9. The fourth-order valence-electron chi connectivity index (χ4n) is 1.80. The normalized spacial score (nSPS) is 10.4. The van der Waals surface area contributed by atoms with Crippen molar-refractivity contribution in [3.8, 4) is 5.75 Å². The molecule has 8 nitrogen and oxygen atoms in total. The molecule has 1 amide bonds. The topological polar surface area (TPSA) is 110 Å². The number of phenols is 1. The summed E-state index contributed by atoms with van der Waals surface area (Å²) in [5.74, 6) is -0.801. The number of halogens is 1. The van der Waals surface area contributed by atoms with Crippen molar-refractivity contribution >= 4 is 33.2 Å². The van der Waals surface area contributed by atoms with Crippen molar-refractivity contribution in [3.05, 3.63) is 44.2 Å². The quantitative estimate of drug-likeness (QED) is 0.499. The maximum Gasteiger partial charge on any atom is 0.275 e. The number of hydrogen-bond acceptors (Lipinski definition) is 5. The van der Waals surface area contributed by atoms with Crippen molar-refractivity contribution in [1.29, 1.82) is 0 Å². The number of phenolic OH excluding ortho intramolecular Hbond substituents is 1. The fourth-order valence-corrected chi connectivity index (χ4v) is 2.31. The molecule has 0 aliphatic heterocycles. The molecular weight excluding hydrogens is 344 g/mol. The van der Waals surface area contributed by atoms with Crippen molar-refractivity contribution in [2.45, 2.75) is 6.92 Å². The van der Waals surface area contributed by atoms with Crippen LogP contribution in [0.5, 0.6) is 5.75 Å². The molecule has 110 valence electrons. The molecule has 0 fully saturated rings. The molecular formula is C12H11BrN4O4. The van der Waals surface area contributed by atoms with Gasteiger partial charge in [-0.05, 0) is 28.9 Å². The minimum absolute atomic E-state index is 0.0417. The third-order valence-electron chi connectivity index (χ3n) is 2.80. The summed E-state index contributed by atoms with van der Waals surface area (Å²) in [6, 6.07) is 3.39. The number of anilines is 1. The lowest BCUT2D eigenvalue weighted by Crippen LogP contribution is -2.16. The number of nitro groups is 1. The van der Waals surface area contributed by atoms with Crippen LogP contribution in [-0.4, -0.2) is 25.7 Å². The Morgan fingerprint density at radius 1 is 1.52 bits per heavy atom. The van der Waals surface area contributed by atoms with Gasteiger partial charge in [-0.3, -0.25) is 19.6 Å². The maximum atomic E-state index is 12.2. The summed E-state index contributed by atoms with van der Waals surface area (Å²) in [6.07, 6.45) is 0. The molecule has 0 atom stereocenters. The lowest BCUT2D eigenvalue weighted by molar-refractivity contribution is -0.384. The summed E-state index contributed by atoms with van der Waals surface area (Å²) in [5.41, 5.74) is 0.604. The lowest BCUT2D eigenvalue weighted by Gasteiger charge is -2.07. The number of hydrogen-bond donors (Lipinski definition) is 2. The van der Waals surface area contributed by atoms with Crippen LogP contribution >= 0.6 is 15.9 Å². The molecule has 0 saturated carbocycles. The van der Waals surface area contributed by atoms with E-state index in [0.717, 1.165) is 18.2 Å². The second-order valence-corrected chi connectivity index (χ2v) is 5.08. The predicted molar refractivity (Wildman–Crippen MR) is 78.4 cm³/mol. The first kappa shape index (κ1) is 15.0. The highest BCUT2D eigenvalue weighted by molar-refractivity contribution is 9.10. The predicted octanol–water partition coefficient (Wildman–Crippen LogP) is 2.36. The van der Waals surface area contributed by atoms with Gasteiger partial charge in [0.05, 0.1) is 20.8 Å². The minimum Gasteiger partial charge on any atom is -0.506 e. The standard InChI is InChI=1S/C12H11BrN4O4/c1-6-10(13)11(16(2)15-6)12(19)14-8-5-7(17(20)21)3-4-9(8)18/h3-5,18H,1-2H3,(H,14,19). The number of amides is 1. The summed E-state index contributed by atoms with van der Waals surface area (Å²) in [6.45, 7) is 1.73. The lowest BCUT2D eigenvalue weighted by atomic mass is 10.2. The number of benzene rings is 1. The van der Waals surface area contributed by atoms with Gasteiger partial charge in [0.15, 0.2) is 0 Å². The maximum absolute atomic E-state index is 12.2. The number of non-ortho nitro benzene ring substituents is 1. The number of nitrogens with one attached hydrogen (secondary N) is 1. The molecule has 0 saturated heterocycles. The molecule has 21 heavy (non-hydrogen) atoms. The molecule has 1 heterocycles. The number of nitro benzene ring substituents is 1. The number of carbonyl (C=O) groups is 1. The summed E-state index contributed by atoms with van der Waals surface area (Å²) in [4.78, 5) is 22.3. The Labute approximate surface area is 127 Å². The van der Waals surface area contributed by atoms with Gasteiger partial charge in [-0.1, -0.05) is 0 Å². The number of carbonyl (C=O) groups excluding carboxylic acids is 1. The van der Waals surface area contributed by atoms with E-state index in [2.05, 4.69) is 26.3 Å². The van der Waals surface area contributed by atoms with E-state index in [1.165, 1.54) is 4.68 Å². The summed E-state index contributed by atoms with van der Waals surface area (Å²) < 4.78 is 1.90. The number of aromatic hydroxyl groups is 1. The monoisotopic (exact) mass is 354 g/mol. The van der Waals surface area contributed by atoms with Gasteiger partial charge in [0.1, 0.15) is 11.4 Å². The van der Waals surface area contributed by atoms with Crippen molar-refractivity contribution in [2.75, 3.05) is 5.32 Å². The molecule has 0 bridgehead atoms. The molecule has 1 aromatic heterocycles. The molecule has 9 heteroatoms. The molecule has 0 aliphatic rings. The van der Waals surface area contributed by atoms with Gasteiger partial charge in [-0.15, -0.1) is 0 Å². The second-order valence-electron chi connectivity index (χ2n) is 4.28. The highest BCUT2D eigenvalue weighted by Crippen LogP contribution is 2.29. The van der Waals surface area contributed by atoms with Crippen LogP contribution in [-0.2, 0) is 7.05 Å². The number of rotatable bonds is 3. The molecule has 2 rings (SSSR count). The van der Waals surface area contributed by atoms with Crippen LogP contribution in [0, 0.1) is 17.0 Å². The first-order valence-electron chi connectivity index (χ1n) is 5.79. The molecule has 2 aromatic rings. The van der Waals surface area contributed by atoms with Gasteiger partial charge in [-0.25, -0.2) is 0 Å². The second kappa shape index (κ2) is 5.52. The zero-order valence-corrected chi connectivity index (χ0v) is 12.7. The third kappa shape index (κ3) is 2.87. The summed E-state index contributed by atoms with van der Waals surface area (Å²) in [7, 11) is 1.60. The van der Waals surface area contributed by atoms with Crippen LogP contribution in [0.3, 0.4) is 0 Å². The van der Waals surface area contributed by atoms with Crippen LogP contribution < -0.4 is 5.32 Å². The molecule has 0 aliphatic carbocycles. The van der Waals surface area contributed by atoms with Crippen LogP contribution in [0.1, 0.15) is 16.2 Å². The number of nitrogens with zero attached hydrogens (tertiary/aromatic N) is 3. The zero-order valence-electron chi connectivity index (χ0n) is 11.1. The summed E-state index contributed by atoms with van der Waals surface area (Å²) in [5, 5.41) is 26.9. The van der Waals surface area contributed by atoms with Crippen molar-refractivity contribution in [3.63, 3.8) is 0 Å². The van der Waals surface area contributed by atoms with E-state index in [1.807, 2.05) is 0 Å². The van der Waals surface area contributed by atoms with E-state index < -0.39 is 10.8 Å². The van der Waals surface area contributed by atoms with Crippen molar-refractivity contribution in [2.24, 2.45) is 7.05 Å². The van der Waals surface area contributed by atoms with E-state index in [-0.39, 0.29) is 22.8 Å². The largest absolute Gasteiger partial charge is 0.506 e. The minimum atomic E-state index is -0.612. The van der Waals surface area contributed by atoms with E-state index in [0.29, 0.717) is 10.2 Å². The van der Waals surface area contributed by atoms with E-state index in [1.54, 1.807) is 14.0 Å². The van der Waals surface area contributed by atoms with Crippen LogP contribution in [0.15, 0.2) is 22.7 Å². The smallest absolute Gasteiger partial charge is 0.275 e. The number of aromatic nitrogens is 2. The van der Waals surface area contributed by atoms with Gasteiger partial charge in [-0.2, -0.15) is 5.10 Å². The van der Waals surface area contributed by atoms with Gasteiger partial charge in [0, 0.05) is 19.2 Å². The first-order chi connectivity index (χ1) is 9.81. The SMILES string of the molecule is Cc1nn(C)c(C(=O)Nc2cc([N+](=O)[O-])ccc2O)c1Br. The Hall–Kier alpha value is -2.42. The zero-order chi connectivity index (χ0) is 15.7. The van der Waals surface area contributed by atoms with Crippen molar-refractivity contribution in [1.82, 2.24) is 9.78 Å². The van der Waals surface area contributed by atoms with Gasteiger partial charge in [0.2, 0.25) is 0 Å². The third-order valence-corrected chi connectivity index (χ3v) is 3.75. The van der Waals surface area contributed by atoms with E-state index in [4.69, 9.17) is 0 Å². The van der Waals surface area contributed by atoms with Gasteiger partial charge < -0.3 is 10.4 Å². The molecule has 0 unspecified atom stereocenters. The number of aryl methyl sites for hydroxylation is 2. The average Bonchev–Trinajstić information content (AvgIpc) is 2.65. The average molecular weight is 355 g/mol. The Bertz CT molecular complexity index is 741. The molecule has 2 N–H and O–H groups in total. The molecule has 1 aromatic carbocycles. The van der Waals surface area contributed by atoms with E-state index >= 15 is 0 Å². The Kier molecular flexibility index (Phi) is 3.94. The Balaban J connectivity index is 2.35. The van der Waals surface area contributed by atoms with Crippen LogP contribution in [0.25, 0.3) is 0 Å². The van der Waals surface area contributed by atoms with Crippen molar-refractivity contribution < 1.29 is 14.8 Å². The van der Waals surface area contributed by atoms with Gasteiger partial charge in [0.25, 0.3) is 11.6 Å². The molecule has 0 radical (unpaired) electrons. The van der Waals surface area contributed by atoms with Crippen LogP contribution in [0.2, 0.25) is 0 Å². The fraction of sp³-hybridized carbons (Fsp3) is 0.167. The molecule has 0 spiro atoms. The highest BCUT2D eigenvalue weighted by Gasteiger charge is 2.20. The summed E-state index contributed by atoms with van der Waals surface area (Å²) >= 11 is 3.26. The first-order valence-corrected chi connectivity index (χ1v) is 6.58. The Morgan fingerprint density at radius 3 is 2.71 bits per heavy atom. The van der Waals surface area contributed by atoms with Crippen LogP contribution in [0.4, 0.5) is 11.4 Å². The van der Waals surface area contributed by atoms with E-state index in [9.17, 15) is 20.0 Å². The van der Waals surface area contributed by atoms with Gasteiger partial charge >= 0.3 is 0 Å².